The van der Waals surface area contributed by atoms with Gasteiger partial charge in [-0.3, -0.25) is 0 Å². The molecule has 1 rings (SSSR count). The van der Waals surface area contributed by atoms with E-state index in [1.54, 1.807) is 0 Å². The van der Waals surface area contributed by atoms with Gasteiger partial charge in [-0.2, -0.15) is 0 Å². The van der Waals surface area contributed by atoms with Gasteiger partial charge in [-0.15, -0.1) is 0 Å². The van der Waals surface area contributed by atoms with Gasteiger partial charge >= 0.3 is 12.1 Å². The monoisotopic (exact) mass is 449 g/mol. The quantitative estimate of drug-likeness (QED) is 0.275. The first-order chi connectivity index (χ1) is 15.2. The second-order valence-corrected chi connectivity index (χ2v) is 9.12. The van der Waals surface area contributed by atoms with Crippen LogP contribution in [-0.4, -0.2) is 55.5 Å². The molecule has 1 atom stereocenters. The summed E-state index contributed by atoms with van der Waals surface area (Å²) in [6.45, 7) is 11.5. The smallest absolute Gasteiger partial charge is 0.410 e. The summed E-state index contributed by atoms with van der Waals surface area (Å²) < 4.78 is 15.9. The fourth-order valence-corrected chi connectivity index (χ4v) is 3.39. The Labute approximate surface area is 194 Å². The highest BCUT2D eigenvalue weighted by Crippen LogP contribution is 2.14. The van der Waals surface area contributed by atoms with Gasteiger partial charge in [-0.05, 0) is 51.7 Å². The second-order valence-electron chi connectivity index (χ2n) is 9.12. The molecule has 0 aromatic heterocycles. The van der Waals surface area contributed by atoms with Crippen molar-refractivity contribution in [3.63, 3.8) is 0 Å². The zero-order chi connectivity index (χ0) is 24.0. The van der Waals surface area contributed by atoms with Crippen LogP contribution in [0.15, 0.2) is 24.3 Å². The van der Waals surface area contributed by atoms with E-state index in [0.717, 1.165) is 30.4 Å². The lowest BCUT2D eigenvalue weighted by Gasteiger charge is -2.27. The first-order valence-corrected chi connectivity index (χ1v) is 11.9. The average molecular weight is 450 g/mol. The maximum absolute atomic E-state index is 12.7. The largest absolute Gasteiger partial charge is 0.467 e. The van der Waals surface area contributed by atoms with Crippen LogP contribution >= 0.6 is 0 Å². The predicted octanol–water partition coefficient (Wildman–Crippen LogP) is 5.56. The third kappa shape index (κ3) is 11.5. The molecular weight excluding hydrogens is 406 g/mol. The summed E-state index contributed by atoms with van der Waals surface area (Å²) in [5.74, 6) is -0.358. The van der Waals surface area contributed by atoms with Crippen LogP contribution in [0.2, 0.25) is 0 Å². The molecular formula is C26H43NO5. The molecule has 0 N–H and O–H groups in total. The second kappa shape index (κ2) is 14.9. The highest BCUT2D eigenvalue weighted by Gasteiger charge is 2.22. The molecule has 0 spiro atoms. The molecule has 0 bridgehead atoms. The maximum Gasteiger partial charge on any atom is 0.410 e. The maximum atomic E-state index is 12.7. The van der Waals surface area contributed by atoms with E-state index >= 15 is 0 Å². The number of ether oxygens (including phenoxy) is 3. The molecule has 0 fully saturated rings. The molecule has 6 heteroatoms. The normalized spacial score (nSPS) is 12.3. The van der Waals surface area contributed by atoms with Crippen molar-refractivity contribution >= 4 is 12.1 Å². The van der Waals surface area contributed by atoms with E-state index in [4.69, 9.17) is 14.2 Å². The lowest BCUT2D eigenvalue weighted by atomic mass is 10.0. The zero-order valence-corrected chi connectivity index (χ0v) is 20.9. The summed E-state index contributed by atoms with van der Waals surface area (Å²) in [5.41, 5.74) is 1.65. The van der Waals surface area contributed by atoms with Gasteiger partial charge in [0.05, 0.1) is 7.11 Å². The van der Waals surface area contributed by atoms with Crippen LogP contribution in [0.3, 0.4) is 0 Å². The molecule has 32 heavy (non-hydrogen) atoms. The van der Waals surface area contributed by atoms with Crippen LogP contribution in [0.5, 0.6) is 0 Å². The third-order valence-corrected chi connectivity index (χ3v) is 5.13. The minimum Gasteiger partial charge on any atom is -0.467 e. The van der Waals surface area contributed by atoms with Crippen molar-refractivity contribution in [2.45, 2.75) is 91.3 Å². The molecule has 0 aliphatic heterocycles. The number of methoxy groups -OCH3 is 1. The fourth-order valence-electron chi connectivity index (χ4n) is 3.39. The van der Waals surface area contributed by atoms with Crippen LogP contribution in [0.1, 0.15) is 77.8 Å². The van der Waals surface area contributed by atoms with Crippen LogP contribution in [0, 0.1) is 0 Å². The number of esters is 1. The zero-order valence-electron chi connectivity index (χ0n) is 20.9. The summed E-state index contributed by atoms with van der Waals surface area (Å²) in [6.07, 6.45) is 6.15. The Balaban J connectivity index is 2.68. The van der Waals surface area contributed by atoms with Gasteiger partial charge in [0.25, 0.3) is 0 Å². The van der Waals surface area contributed by atoms with Crippen molar-refractivity contribution in [2.24, 2.45) is 0 Å². The Morgan fingerprint density at radius 1 is 0.938 bits per heavy atom. The molecule has 182 valence electrons. The van der Waals surface area contributed by atoms with Crippen LogP contribution in [0.4, 0.5) is 4.79 Å². The number of unbranched alkanes of at least 4 members (excludes halogenated alkanes) is 4. The number of amides is 1. The molecule has 0 radical (unpaired) electrons. The van der Waals surface area contributed by atoms with E-state index in [1.165, 1.54) is 26.4 Å². The lowest BCUT2D eigenvalue weighted by Crippen LogP contribution is -2.38. The van der Waals surface area contributed by atoms with Crippen molar-refractivity contribution in [3.8, 4) is 0 Å². The standard InChI is InChI=1S/C26H43NO5/c1-7-9-10-11-12-18-27(25(29)32-26(3,4)5)19-17-21-13-15-22(16-14-21)20-23(31-8-2)24(28)30-6/h13-16,23H,7-12,17-20H2,1-6H3. The number of hydrogen-bond donors (Lipinski definition) is 0. The van der Waals surface area contributed by atoms with Gasteiger partial charge < -0.3 is 19.1 Å². The number of carbonyl (C=O) groups is 2. The van der Waals surface area contributed by atoms with Crippen molar-refractivity contribution < 1.29 is 23.8 Å². The first-order valence-electron chi connectivity index (χ1n) is 11.9. The first kappa shape index (κ1) is 28.0. The molecule has 6 nitrogen and oxygen atoms in total. The highest BCUT2D eigenvalue weighted by molar-refractivity contribution is 5.75. The number of carbonyl (C=O) groups excluding carboxylic acids is 2. The molecule has 1 amide bonds. The minimum absolute atomic E-state index is 0.248. The van der Waals surface area contributed by atoms with Gasteiger partial charge in [0.2, 0.25) is 0 Å². The number of nitrogens with zero attached hydrogens (tertiary/aromatic N) is 1. The molecule has 1 unspecified atom stereocenters. The Kier molecular flexibility index (Phi) is 13.0. The molecule has 0 aliphatic rings. The highest BCUT2D eigenvalue weighted by atomic mass is 16.6. The van der Waals surface area contributed by atoms with E-state index in [-0.39, 0.29) is 12.1 Å². The molecule has 0 saturated heterocycles. The van der Waals surface area contributed by atoms with E-state index in [2.05, 4.69) is 6.92 Å². The Morgan fingerprint density at radius 2 is 1.56 bits per heavy atom. The van der Waals surface area contributed by atoms with Gasteiger partial charge in [0, 0.05) is 26.1 Å². The van der Waals surface area contributed by atoms with Crippen LogP contribution in [-0.2, 0) is 31.8 Å². The average Bonchev–Trinajstić information content (AvgIpc) is 2.74. The van der Waals surface area contributed by atoms with Crippen molar-refractivity contribution in [1.29, 1.82) is 0 Å². The van der Waals surface area contributed by atoms with Gasteiger partial charge in [0.15, 0.2) is 6.10 Å². The van der Waals surface area contributed by atoms with Crippen molar-refractivity contribution in [2.75, 3.05) is 26.8 Å². The minimum atomic E-state index is -0.591. The van der Waals surface area contributed by atoms with Crippen LogP contribution in [0.25, 0.3) is 0 Å². The topological polar surface area (TPSA) is 65.1 Å². The number of rotatable bonds is 14. The van der Waals surface area contributed by atoms with Gasteiger partial charge in [0.1, 0.15) is 5.60 Å². The Bertz CT molecular complexity index is 666. The molecule has 0 saturated carbocycles. The Morgan fingerprint density at radius 3 is 2.12 bits per heavy atom. The SMILES string of the molecule is CCCCCCCN(CCc1ccc(CC(OCC)C(=O)OC)cc1)C(=O)OC(C)(C)C. The van der Waals surface area contributed by atoms with Crippen molar-refractivity contribution in [3.05, 3.63) is 35.4 Å². The summed E-state index contributed by atoms with van der Waals surface area (Å²) >= 11 is 0. The Hall–Kier alpha value is -2.08. The molecule has 1 aromatic carbocycles. The molecule has 1 aromatic rings. The third-order valence-electron chi connectivity index (χ3n) is 5.13. The summed E-state index contributed by atoms with van der Waals surface area (Å²) in [5, 5.41) is 0. The van der Waals surface area contributed by atoms with E-state index in [9.17, 15) is 9.59 Å². The molecule has 0 heterocycles. The summed E-state index contributed by atoms with van der Waals surface area (Å²) in [6, 6.07) is 8.11. The lowest BCUT2D eigenvalue weighted by molar-refractivity contribution is -0.153. The summed E-state index contributed by atoms with van der Waals surface area (Å²) in [4.78, 5) is 26.4. The van der Waals surface area contributed by atoms with Gasteiger partial charge in [-0.25, -0.2) is 9.59 Å². The number of hydrogen-bond acceptors (Lipinski definition) is 5. The van der Waals surface area contributed by atoms with E-state index in [1.807, 2.05) is 56.9 Å². The molecule has 0 aliphatic carbocycles. The predicted molar refractivity (Wildman–Crippen MR) is 128 cm³/mol. The number of benzene rings is 1. The van der Waals surface area contributed by atoms with Gasteiger partial charge in [-0.1, -0.05) is 56.9 Å². The van der Waals surface area contributed by atoms with E-state index < -0.39 is 11.7 Å². The summed E-state index contributed by atoms with van der Waals surface area (Å²) in [7, 11) is 1.37. The van der Waals surface area contributed by atoms with Crippen molar-refractivity contribution in [1.82, 2.24) is 4.90 Å². The van der Waals surface area contributed by atoms with E-state index in [0.29, 0.717) is 26.1 Å². The fraction of sp³-hybridized carbons (Fsp3) is 0.692. The van der Waals surface area contributed by atoms with Crippen LogP contribution < -0.4 is 0 Å².